The standard InChI is InChI=1S/C17H16O/c1-2-14-8-10-15(11-9-14)12-13-17(18)16-6-4-3-5-7-16/h3-13H,2H2,1H3/b13-12+. The molecule has 90 valence electrons. The average Bonchev–Trinajstić information content (AvgIpc) is 2.46. The molecule has 0 radical (unpaired) electrons. The van der Waals surface area contributed by atoms with Crippen LogP contribution in [0, 0.1) is 0 Å². The minimum absolute atomic E-state index is 0.0372. The number of aryl methyl sites for hydroxylation is 1. The van der Waals surface area contributed by atoms with Crippen molar-refractivity contribution in [2.24, 2.45) is 0 Å². The Labute approximate surface area is 108 Å². The first-order valence-electron chi connectivity index (χ1n) is 6.16. The molecule has 0 aliphatic carbocycles. The number of allylic oxidation sites excluding steroid dienone is 1. The van der Waals surface area contributed by atoms with E-state index in [2.05, 4.69) is 19.1 Å². The van der Waals surface area contributed by atoms with Gasteiger partial charge in [-0.3, -0.25) is 4.79 Å². The molecule has 0 saturated carbocycles. The first-order valence-corrected chi connectivity index (χ1v) is 6.16. The molecule has 0 saturated heterocycles. The minimum atomic E-state index is 0.0372. The van der Waals surface area contributed by atoms with Crippen molar-refractivity contribution in [1.82, 2.24) is 0 Å². The molecule has 18 heavy (non-hydrogen) atoms. The van der Waals surface area contributed by atoms with Gasteiger partial charge in [-0.25, -0.2) is 0 Å². The van der Waals surface area contributed by atoms with Crippen molar-refractivity contribution in [3.63, 3.8) is 0 Å². The average molecular weight is 236 g/mol. The molecule has 0 aliphatic heterocycles. The van der Waals surface area contributed by atoms with E-state index in [-0.39, 0.29) is 5.78 Å². The minimum Gasteiger partial charge on any atom is -0.289 e. The lowest BCUT2D eigenvalue weighted by atomic mass is 10.1. The quantitative estimate of drug-likeness (QED) is 0.576. The van der Waals surface area contributed by atoms with Crippen LogP contribution in [-0.2, 0) is 6.42 Å². The lowest BCUT2D eigenvalue weighted by Gasteiger charge is -1.97. The molecule has 0 bridgehead atoms. The van der Waals surface area contributed by atoms with Gasteiger partial charge in [-0.15, -0.1) is 0 Å². The molecule has 2 rings (SSSR count). The van der Waals surface area contributed by atoms with Gasteiger partial charge in [0, 0.05) is 5.56 Å². The molecule has 0 spiro atoms. The molecule has 0 heterocycles. The summed E-state index contributed by atoms with van der Waals surface area (Å²) < 4.78 is 0. The van der Waals surface area contributed by atoms with Gasteiger partial charge in [-0.2, -0.15) is 0 Å². The van der Waals surface area contributed by atoms with Gasteiger partial charge < -0.3 is 0 Å². The first-order chi connectivity index (χ1) is 8.79. The summed E-state index contributed by atoms with van der Waals surface area (Å²) in [5.74, 6) is 0.0372. The molecule has 0 aromatic heterocycles. The Morgan fingerprint density at radius 1 is 1.00 bits per heavy atom. The van der Waals surface area contributed by atoms with E-state index in [0.29, 0.717) is 0 Å². The molecular formula is C17H16O. The van der Waals surface area contributed by atoms with Gasteiger partial charge in [0.15, 0.2) is 5.78 Å². The zero-order valence-corrected chi connectivity index (χ0v) is 10.5. The summed E-state index contributed by atoms with van der Waals surface area (Å²) in [5, 5.41) is 0. The van der Waals surface area contributed by atoms with E-state index in [9.17, 15) is 4.79 Å². The molecule has 0 N–H and O–H groups in total. The van der Waals surface area contributed by atoms with Gasteiger partial charge in [0.1, 0.15) is 0 Å². The second-order valence-electron chi connectivity index (χ2n) is 4.16. The maximum atomic E-state index is 11.9. The van der Waals surface area contributed by atoms with Crippen molar-refractivity contribution < 1.29 is 4.79 Å². The van der Waals surface area contributed by atoms with Gasteiger partial charge in [0.05, 0.1) is 0 Å². The summed E-state index contributed by atoms with van der Waals surface area (Å²) in [6.07, 6.45) is 4.51. The van der Waals surface area contributed by atoms with Gasteiger partial charge in [0.25, 0.3) is 0 Å². The highest BCUT2D eigenvalue weighted by molar-refractivity contribution is 6.06. The van der Waals surface area contributed by atoms with E-state index in [1.54, 1.807) is 6.08 Å². The molecule has 1 nitrogen and oxygen atoms in total. The van der Waals surface area contributed by atoms with E-state index in [4.69, 9.17) is 0 Å². The number of hydrogen-bond donors (Lipinski definition) is 0. The lowest BCUT2D eigenvalue weighted by Crippen LogP contribution is -1.92. The maximum absolute atomic E-state index is 11.9. The van der Waals surface area contributed by atoms with Crippen molar-refractivity contribution in [2.45, 2.75) is 13.3 Å². The van der Waals surface area contributed by atoms with Gasteiger partial charge in [-0.1, -0.05) is 67.6 Å². The van der Waals surface area contributed by atoms with Crippen LogP contribution < -0.4 is 0 Å². The van der Waals surface area contributed by atoms with Gasteiger partial charge >= 0.3 is 0 Å². The highest BCUT2D eigenvalue weighted by Gasteiger charge is 1.99. The third-order valence-electron chi connectivity index (χ3n) is 2.87. The molecule has 0 amide bonds. The van der Waals surface area contributed by atoms with E-state index in [1.165, 1.54) is 5.56 Å². The number of benzene rings is 2. The Bertz CT molecular complexity index is 536. The summed E-state index contributed by atoms with van der Waals surface area (Å²) in [6, 6.07) is 17.6. The molecule has 2 aromatic rings. The molecule has 2 aromatic carbocycles. The fraction of sp³-hybridized carbons (Fsp3) is 0.118. The van der Waals surface area contributed by atoms with Crippen LogP contribution in [0.3, 0.4) is 0 Å². The molecule has 1 heteroatoms. The Kier molecular flexibility index (Phi) is 4.08. The van der Waals surface area contributed by atoms with Crippen molar-refractivity contribution >= 4 is 11.9 Å². The normalized spacial score (nSPS) is 10.7. The second-order valence-corrected chi connectivity index (χ2v) is 4.16. The number of ketones is 1. The summed E-state index contributed by atoms with van der Waals surface area (Å²) >= 11 is 0. The number of hydrogen-bond acceptors (Lipinski definition) is 1. The second kappa shape index (κ2) is 5.97. The molecule has 0 aliphatic rings. The molecule has 0 fully saturated rings. The largest absolute Gasteiger partial charge is 0.289 e. The van der Waals surface area contributed by atoms with Crippen LogP contribution in [0.4, 0.5) is 0 Å². The third kappa shape index (κ3) is 3.17. The zero-order valence-electron chi connectivity index (χ0n) is 10.5. The summed E-state index contributed by atoms with van der Waals surface area (Å²) in [7, 11) is 0. The fourth-order valence-electron chi connectivity index (χ4n) is 1.74. The SMILES string of the molecule is CCc1ccc(/C=C/C(=O)c2ccccc2)cc1. The van der Waals surface area contributed by atoms with Crippen molar-refractivity contribution in [2.75, 3.05) is 0 Å². The van der Waals surface area contributed by atoms with Crippen LogP contribution in [0.15, 0.2) is 60.7 Å². The van der Waals surface area contributed by atoms with E-state index < -0.39 is 0 Å². The van der Waals surface area contributed by atoms with E-state index in [0.717, 1.165) is 17.5 Å². The predicted octanol–water partition coefficient (Wildman–Crippen LogP) is 4.15. The number of carbonyl (C=O) groups excluding carboxylic acids is 1. The van der Waals surface area contributed by atoms with Crippen LogP contribution in [-0.4, -0.2) is 5.78 Å². The smallest absolute Gasteiger partial charge is 0.185 e. The number of carbonyl (C=O) groups is 1. The van der Waals surface area contributed by atoms with Crippen LogP contribution in [0.1, 0.15) is 28.4 Å². The molecule has 0 unspecified atom stereocenters. The highest BCUT2D eigenvalue weighted by atomic mass is 16.1. The highest BCUT2D eigenvalue weighted by Crippen LogP contribution is 2.08. The Hall–Kier alpha value is -2.15. The summed E-state index contributed by atoms with van der Waals surface area (Å²) in [6.45, 7) is 2.13. The van der Waals surface area contributed by atoms with Crippen molar-refractivity contribution in [3.8, 4) is 0 Å². The topological polar surface area (TPSA) is 17.1 Å². The Morgan fingerprint density at radius 2 is 1.67 bits per heavy atom. The van der Waals surface area contributed by atoms with Gasteiger partial charge in [-0.05, 0) is 23.6 Å². The monoisotopic (exact) mass is 236 g/mol. The van der Waals surface area contributed by atoms with Crippen LogP contribution >= 0.6 is 0 Å². The van der Waals surface area contributed by atoms with Crippen LogP contribution in [0.5, 0.6) is 0 Å². The Morgan fingerprint density at radius 3 is 2.28 bits per heavy atom. The maximum Gasteiger partial charge on any atom is 0.185 e. The van der Waals surface area contributed by atoms with Crippen molar-refractivity contribution in [3.05, 3.63) is 77.4 Å². The predicted molar refractivity (Wildman–Crippen MR) is 75.6 cm³/mol. The van der Waals surface area contributed by atoms with Gasteiger partial charge in [0.2, 0.25) is 0 Å². The van der Waals surface area contributed by atoms with E-state index in [1.807, 2.05) is 48.5 Å². The lowest BCUT2D eigenvalue weighted by molar-refractivity contribution is 0.104. The summed E-state index contributed by atoms with van der Waals surface area (Å²) in [4.78, 5) is 11.9. The zero-order chi connectivity index (χ0) is 12.8. The first kappa shape index (κ1) is 12.3. The summed E-state index contributed by atoms with van der Waals surface area (Å²) in [5.41, 5.74) is 3.08. The van der Waals surface area contributed by atoms with Crippen molar-refractivity contribution in [1.29, 1.82) is 0 Å². The van der Waals surface area contributed by atoms with E-state index >= 15 is 0 Å². The molecular weight excluding hydrogens is 220 g/mol. The number of rotatable bonds is 4. The third-order valence-corrected chi connectivity index (χ3v) is 2.87. The van der Waals surface area contributed by atoms with Crippen LogP contribution in [0.2, 0.25) is 0 Å². The Balaban J connectivity index is 2.08. The fourth-order valence-corrected chi connectivity index (χ4v) is 1.74. The van der Waals surface area contributed by atoms with Crippen LogP contribution in [0.25, 0.3) is 6.08 Å². The molecule has 0 atom stereocenters.